The molecule has 0 bridgehead atoms. The Bertz CT molecular complexity index is 1520. The van der Waals surface area contributed by atoms with E-state index in [1.807, 2.05) is 12.1 Å². The van der Waals surface area contributed by atoms with Crippen LogP contribution in [0.1, 0.15) is 65.2 Å². The van der Waals surface area contributed by atoms with Crippen molar-refractivity contribution in [1.82, 2.24) is 20.1 Å². The second kappa shape index (κ2) is 10.9. The second-order valence-electron chi connectivity index (χ2n) is 11.6. The van der Waals surface area contributed by atoms with Gasteiger partial charge in [-0.2, -0.15) is 0 Å². The number of likely N-dealkylation sites (tertiary alicyclic amines) is 1. The summed E-state index contributed by atoms with van der Waals surface area (Å²) in [5.74, 6) is 0.385. The number of nitrogens with zero attached hydrogens (tertiary/aromatic N) is 3. The summed E-state index contributed by atoms with van der Waals surface area (Å²) in [6.07, 6.45) is 3.69. The number of hydrogen-bond acceptors (Lipinski definition) is 7. The number of amides is 3. The normalized spacial score (nSPS) is 23.7. The van der Waals surface area contributed by atoms with Crippen LogP contribution in [0.4, 0.5) is 0 Å². The molecule has 4 aliphatic rings. The molecule has 2 aromatic carbocycles. The Kier molecular flexibility index (Phi) is 6.92. The van der Waals surface area contributed by atoms with E-state index in [1.165, 1.54) is 16.6 Å². The van der Waals surface area contributed by atoms with Crippen LogP contribution in [0.15, 0.2) is 48.5 Å². The molecule has 1 N–H and O–H groups in total. The highest BCUT2D eigenvalue weighted by Crippen LogP contribution is 2.32. The highest BCUT2D eigenvalue weighted by Gasteiger charge is 2.39. The molecule has 2 atom stereocenters. The van der Waals surface area contributed by atoms with Crippen molar-refractivity contribution in [3.8, 4) is 5.75 Å². The zero-order valence-electron chi connectivity index (χ0n) is 23.0. The number of fused-ring (bicyclic) bond motifs is 2. The lowest BCUT2D eigenvalue weighted by atomic mass is 9.95. The molecule has 7 rings (SSSR count). The fraction of sp³-hybridized carbons (Fsp3) is 0.438. The molecule has 1 aromatic heterocycles. The maximum Gasteiger partial charge on any atom is 0.255 e. The van der Waals surface area contributed by atoms with Gasteiger partial charge in [0.1, 0.15) is 17.9 Å². The van der Waals surface area contributed by atoms with Crippen molar-refractivity contribution in [2.75, 3.05) is 26.3 Å². The molecular weight excluding hydrogens is 520 g/mol. The minimum absolute atomic E-state index is 0.0700. The zero-order chi connectivity index (χ0) is 27.9. The predicted molar refractivity (Wildman–Crippen MR) is 151 cm³/mol. The number of aromatic nitrogens is 1. The summed E-state index contributed by atoms with van der Waals surface area (Å²) in [7, 11) is 0. The Morgan fingerprint density at radius 2 is 1.85 bits per heavy atom. The third-order valence-electron chi connectivity index (χ3n) is 8.85. The molecule has 0 saturated carbocycles. The summed E-state index contributed by atoms with van der Waals surface area (Å²) in [6.45, 7) is 4.63. The first-order valence-corrected chi connectivity index (χ1v) is 14.6. The van der Waals surface area contributed by atoms with Crippen LogP contribution in [-0.4, -0.2) is 71.0 Å². The molecule has 9 heteroatoms. The van der Waals surface area contributed by atoms with Gasteiger partial charge in [-0.15, -0.1) is 0 Å². The molecule has 0 spiro atoms. The van der Waals surface area contributed by atoms with Crippen molar-refractivity contribution < 1.29 is 23.9 Å². The summed E-state index contributed by atoms with van der Waals surface area (Å²) >= 11 is 0. The van der Waals surface area contributed by atoms with Gasteiger partial charge < -0.3 is 14.4 Å². The molecule has 0 aliphatic carbocycles. The van der Waals surface area contributed by atoms with Gasteiger partial charge in [0.15, 0.2) is 0 Å². The lowest BCUT2D eigenvalue weighted by molar-refractivity contribution is -0.136. The van der Waals surface area contributed by atoms with Crippen molar-refractivity contribution in [2.24, 2.45) is 0 Å². The maximum atomic E-state index is 13.0. The van der Waals surface area contributed by atoms with E-state index in [0.29, 0.717) is 24.4 Å². The fourth-order valence-corrected chi connectivity index (χ4v) is 6.62. The van der Waals surface area contributed by atoms with Crippen molar-refractivity contribution in [1.29, 1.82) is 0 Å². The van der Waals surface area contributed by atoms with Crippen LogP contribution >= 0.6 is 0 Å². The van der Waals surface area contributed by atoms with Crippen molar-refractivity contribution in [3.63, 3.8) is 0 Å². The van der Waals surface area contributed by atoms with E-state index in [-0.39, 0.29) is 24.3 Å². The van der Waals surface area contributed by atoms with Gasteiger partial charge in [-0.25, -0.2) is 0 Å². The molecule has 5 heterocycles. The molecule has 0 unspecified atom stereocenters. The third-order valence-corrected chi connectivity index (χ3v) is 8.85. The van der Waals surface area contributed by atoms with Crippen LogP contribution in [0.3, 0.4) is 0 Å². The Balaban J connectivity index is 0.960. The van der Waals surface area contributed by atoms with Crippen LogP contribution in [0.25, 0.3) is 10.9 Å². The lowest BCUT2D eigenvalue weighted by Gasteiger charge is -2.29. The van der Waals surface area contributed by atoms with E-state index in [4.69, 9.17) is 14.5 Å². The first-order valence-electron chi connectivity index (χ1n) is 14.6. The quantitative estimate of drug-likeness (QED) is 0.465. The molecule has 3 saturated heterocycles. The van der Waals surface area contributed by atoms with E-state index < -0.39 is 11.9 Å². The molecule has 9 nitrogen and oxygen atoms in total. The fourth-order valence-electron chi connectivity index (χ4n) is 6.62. The van der Waals surface area contributed by atoms with Crippen LogP contribution in [-0.2, 0) is 27.4 Å². The molecule has 0 radical (unpaired) electrons. The monoisotopic (exact) mass is 554 g/mol. The number of ether oxygens (including phenoxy) is 2. The summed E-state index contributed by atoms with van der Waals surface area (Å²) in [5, 5.41) is 3.52. The largest absolute Gasteiger partial charge is 0.489 e. The number of carbonyl (C=O) groups excluding carboxylic acids is 3. The van der Waals surface area contributed by atoms with Crippen LogP contribution in [0.5, 0.6) is 5.75 Å². The molecular formula is C32H34N4O5. The Hall–Kier alpha value is -3.82. The Morgan fingerprint density at radius 1 is 0.976 bits per heavy atom. The topological polar surface area (TPSA) is 101 Å². The molecule has 212 valence electrons. The summed E-state index contributed by atoms with van der Waals surface area (Å²) < 4.78 is 11.9. The summed E-state index contributed by atoms with van der Waals surface area (Å²) in [6, 6.07) is 15.9. The van der Waals surface area contributed by atoms with Crippen LogP contribution < -0.4 is 10.1 Å². The number of benzene rings is 2. The van der Waals surface area contributed by atoms with Crippen molar-refractivity contribution >= 4 is 28.6 Å². The minimum Gasteiger partial charge on any atom is -0.489 e. The van der Waals surface area contributed by atoms with E-state index in [9.17, 15) is 14.4 Å². The average molecular weight is 555 g/mol. The van der Waals surface area contributed by atoms with Gasteiger partial charge in [-0.05, 0) is 73.2 Å². The number of piperidine rings is 1. The van der Waals surface area contributed by atoms with Gasteiger partial charge in [0.25, 0.3) is 5.91 Å². The van der Waals surface area contributed by atoms with Gasteiger partial charge in [0.05, 0.1) is 5.52 Å². The second-order valence-corrected chi connectivity index (χ2v) is 11.6. The van der Waals surface area contributed by atoms with E-state index in [0.717, 1.165) is 68.9 Å². The number of imide groups is 1. The smallest absolute Gasteiger partial charge is 0.255 e. The highest BCUT2D eigenvalue weighted by molar-refractivity contribution is 6.05. The predicted octanol–water partition coefficient (Wildman–Crippen LogP) is 3.54. The van der Waals surface area contributed by atoms with Gasteiger partial charge in [-0.1, -0.05) is 12.1 Å². The number of carbonyl (C=O) groups is 3. The number of rotatable bonds is 6. The Labute approximate surface area is 238 Å². The number of hydrogen-bond donors (Lipinski definition) is 1. The van der Waals surface area contributed by atoms with Crippen molar-refractivity contribution in [2.45, 2.75) is 63.3 Å². The van der Waals surface area contributed by atoms with Gasteiger partial charge >= 0.3 is 0 Å². The minimum atomic E-state index is -0.611. The van der Waals surface area contributed by atoms with Crippen LogP contribution in [0, 0.1) is 0 Å². The number of nitrogens with one attached hydrogen (secondary N) is 1. The van der Waals surface area contributed by atoms with E-state index in [1.54, 1.807) is 11.0 Å². The van der Waals surface area contributed by atoms with Crippen LogP contribution in [0.2, 0.25) is 0 Å². The molecule has 41 heavy (non-hydrogen) atoms. The van der Waals surface area contributed by atoms with Gasteiger partial charge in [-0.3, -0.25) is 29.6 Å². The standard InChI is InChI=1S/C32H34N4O5/c37-30-8-7-29(31(38)34-30)36-18-23-16-24(3-4-26(23)32(36)39)41-25-9-12-35(19-25)17-20-1-5-28-22(15-20)2-6-27(33-28)21-10-13-40-14-11-21/h1-6,15-16,21,25,29H,7-14,17-19H2,(H,34,37,38)/t25-,29+/m0/s1. The molecule has 3 amide bonds. The molecule has 3 aromatic rings. The molecule has 3 fully saturated rings. The van der Waals surface area contributed by atoms with E-state index >= 15 is 0 Å². The third kappa shape index (κ3) is 5.31. The highest BCUT2D eigenvalue weighted by atomic mass is 16.5. The Morgan fingerprint density at radius 3 is 2.71 bits per heavy atom. The SMILES string of the molecule is O=C1CC[C@@H](N2Cc3cc(O[C@H]4CCN(Cc5ccc6nc(C7CCOCC7)ccc6c5)C4)ccc3C2=O)C(=O)N1. The first kappa shape index (κ1) is 26.1. The van der Waals surface area contributed by atoms with E-state index in [2.05, 4.69) is 40.5 Å². The lowest BCUT2D eigenvalue weighted by Crippen LogP contribution is -2.52. The van der Waals surface area contributed by atoms with Gasteiger partial charge in [0.2, 0.25) is 11.8 Å². The summed E-state index contributed by atoms with van der Waals surface area (Å²) in [4.78, 5) is 45.7. The average Bonchev–Trinajstić information content (AvgIpc) is 3.56. The maximum absolute atomic E-state index is 13.0. The first-order chi connectivity index (χ1) is 20.0. The molecule has 4 aliphatic heterocycles. The van der Waals surface area contributed by atoms with Gasteiger partial charge in [0, 0.05) is 68.4 Å². The van der Waals surface area contributed by atoms with Crippen molar-refractivity contribution in [3.05, 3.63) is 70.9 Å². The zero-order valence-corrected chi connectivity index (χ0v) is 23.0. The summed E-state index contributed by atoms with van der Waals surface area (Å²) in [5.41, 5.74) is 4.94. The number of pyridine rings is 1.